The summed E-state index contributed by atoms with van der Waals surface area (Å²) in [5.74, 6) is 2.12. The Labute approximate surface area is 171 Å². The van der Waals surface area contributed by atoms with Gasteiger partial charge in [0.2, 0.25) is 0 Å². The molecule has 1 heterocycles. The fourth-order valence-electron chi connectivity index (χ4n) is 2.92. The quantitative estimate of drug-likeness (QED) is 0.401. The molecule has 1 N–H and O–H groups in total. The van der Waals surface area contributed by atoms with E-state index in [0.717, 1.165) is 31.9 Å². The van der Waals surface area contributed by atoms with E-state index in [1.165, 1.54) is 0 Å². The van der Waals surface area contributed by atoms with Crippen molar-refractivity contribution in [2.45, 2.75) is 0 Å². The molecule has 0 bridgehead atoms. The zero-order chi connectivity index (χ0) is 18.8. The van der Waals surface area contributed by atoms with E-state index < -0.39 is 0 Å². The van der Waals surface area contributed by atoms with Crippen LogP contribution in [0.5, 0.6) is 17.2 Å². The summed E-state index contributed by atoms with van der Waals surface area (Å²) in [5.41, 5.74) is 3.33. The van der Waals surface area contributed by atoms with Crippen LogP contribution < -0.4 is 14.8 Å². The Morgan fingerprint density at radius 2 is 1.70 bits per heavy atom. The number of methoxy groups -OCH3 is 1. The molecule has 1 aliphatic rings. The third-order valence-corrected chi connectivity index (χ3v) is 4.90. The molecule has 3 aromatic carbocycles. The summed E-state index contributed by atoms with van der Waals surface area (Å²) >= 11 is 2.25. The molecule has 0 aromatic heterocycles. The Morgan fingerprint density at radius 3 is 2.48 bits per heavy atom. The predicted molar refractivity (Wildman–Crippen MR) is 115 cm³/mol. The van der Waals surface area contributed by atoms with Crippen LogP contribution in [0.15, 0.2) is 66.7 Å². The van der Waals surface area contributed by atoms with Crippen LogP contribution in [0, 0.1) is 3.57 Å². The molecule has 0 saturated heterocycles. The maximum atomic E-state index is 12.4. The van der Waals surface area contributed by atoms with Crippen molar-refractivity contribution in [3.05, 3.63) is 81.4 Å². The van der Waals surface area contributed by atoms with Crippen molar-refractivity contribution in [1.82, 2.24) is 0 Å². The molecule has 4 rings (SSSR count). The number of fused-ring (bicyclic) bond motifs is 1. The van der Waals surface area contributed by atoms with Crippen molar-refractivity contribution < 1.29 is 14.3 Å². The van der Waals surface area contributed by atoms with Crippen molar-refractivity contribution in [2.24, 2.45) is 0 Å². The van der Waals surface area contributed by atoms with Crippen LogP contribution >= 0.6 is 22.6 Å². The zero-order valence-corrected chi connectivity index (χ0v) is 16.7. The highest BCUT2D eigenvalue weighted by molar-refractivity contribution is 14.1. The van der Waals surface area contributed by atoms with Crippen LogP contribution in [0.4, 0.5) is 5.69 Å². The number of hydrogen-bond donors (Lipinski definition) is 1. The molecule has 0 radical (unpaired) electrons. The molecule has 1 aliphatic heterocycles. The summed E-state index contributed by atoms with van der Waals surface area (Å²) in [7, 11) is 1.63. The topological polar surface area (TPSA) is 47.6 Å². The van der Waals surface area contributed by atoms with Gasteiger partial charge in [-0.1, -0.05) is 12.1 Å². The van der Waals surface area contributed by atoms with E-state index in [1.54, 1.807) is 7.11 Å². The van der Waals surface area contributed by atoms with Gasteiger partial charge in [-0.15, -0.1) is 0 Å². The summed E-state index contributed by atoms with van der Waals surface area (Å²) in [6.45, 7) is 0. The Balaban J connectivity index is 1.62. The highest BCUT2D eigenvalue weighted by Gasteiger charge is 2.24. The lowest BCUT2D eigenvalue weighted by Crippen LogP contribution is -2.03. The van der Waals surface area contributed by atoms with E-state index in [0.29, 0.717) is 11.3 Å². The second-order valence-electron chi connectivity index (χ2n) is 6.05. The van der Waals surface area contributed by atoms with Crippen molar-refractivity contribution >= 4 is 45.8 Å². The van der Waals surface area contributed by atoms with Gasteiger partial charge in [-0.25, -0.2) is 0 Å². The van der Waals surface area contributed by atoms with Crippen molar-refractivity contribution in [3.63, 3.8) is 0 Å². The molecule has 0 saturated carbocycles. The molecular weight excluding hydrogens is 453 g/mol. The van der Waals surface area contributed by atoms with Crippen LogP contribution in [0.25, 0.3) is 11.6 Å². The SMILES string of the molecule is COc1ccc(Oc2cccc(C=C3C(=O)Nc4ccc(I)cc43)c2)cc1. The maximum absolute atomic E-state index is 12.4. The lowest BCUT2D eigenvalue weighted by molar-refractivity contribution is -0.110. The monoisotopic (exact) mass is 469 g/mol. The molecule has 27 heavy (non-hydrogen) atoms. The molecule has 1 amide bonds. The third-order valence-electron chi connectivity index (χ3n) is 4.23. The molecule has 4 nitrogen and oxygen atoms in total. The molecule has 0 spiro atoms. The Hall–Kier alpha value is -2.80. The molecular formula is C22H16INO3. The minimum Gasteiger partial charge on any atom is -0.497 e. The maximum Gasteiger partial charge on any atom is 0.256 e. The molecule has 0 fully saturated rings. The average molecular weight is 469 g/mol. The number of benzene rings is 3. The summed E-state index contributed by atoms with van der Waals surface area (Å²) in [6.07, 6.45) is 1.89. The summed E-state index contributed by atoms with van der Waals surface area (Å²) < 4.78 is 12.2. The number of ether oxygens (including phenoxy) is 2. The summed E-state index contributed by atoms with van der Waals surface area (Å²) in [4.78, 5) is 12.4. The van der Waals surface area contributed by atoms with E-state index in [1.807, 2.05) is 72.8 Å². The van der Waals surface area contributed by atoms with Gasteiger partial charge in [-0.2, -0.15) is 0 Å². The number of rotatable bonds is 4. The van der Waals surface area contributed by atoms with E-state index in [-0.39, 0.29) is 5.91 Å². The molecule has 134 valence electrons. The smallest absolute Gasteiger partial charge is 0.256 e. The van der Waals surface area contributed by atoms with Gasteiger partial charge in [0.05, 0.1) is 7.11 Å². The predicted octanol–water partition coefficient (Wildman–Crippen LogP) is 5.58. The molecule has 5 heteroatoms. The average Bonchev–Trinajstić information content (AvgIpc) is 2.98. The van der Waals surface area contributed by atoms with Crippen molar-refractivity contribution in [3.8, 4) is 17.2 Å². The molecule has 0 atom stereocenters. The van der Waals surface area contributed by atoms with Gasteiger partial charge in [-0.05, 0) is 88.8 Å². The number of nitrogens with one attached hydrogen (secondary N) is 1. The molecule has 3 aromatic rings. The summed E-state index contributed by atoms with van der Waals surface area (Å²) in [6, 6.07) is 21.0. The number of hydrogen-bond acceptors (Lipinski definition) is 3. The van der Waals surface area contributed by atoms with Gasteiger partial charge in [0.15, 0.2) is 0 Å². The van der Waals surface area contributed by atoms with Crippen LogP contribution in [-0.4, -0.2) is 13.0 Å². The number of halogens is 1. The second-order valence-corrected chi connectivity index (χ2v) is 7.30. The fourth-order valence-corrected chi connectivity index (χ4v) is 3.41. The molecule has 0 aliphatic carbocycles. The van der Waals surface area contributed by atoms with Crippen LogP contribution in [0.1, 0.15) is 11.1 Å². The van der Waals surface area contributed by atoms with Gasteiger partial charge < -0.3 is 14.8 Å². The van der Waals surface area contributed by atoms with Crippen LogP contribution in [0.3, 0.4) is 0 Å². The Kier molecular flexibility index (Phi) is 4.85. The normalized spacial score (nSPS) is 14.0. The minimum absolute atomic E-state index is 0.0894. The highest BCUT2D eigenvalue weighted by Crippen LogP contribution is 2.34. The summed E-state index contributed by atoms with van der Waals surface area (Å²) in [5, 5.41) is 2.91. The highest BCUT2D eigenvalue weighted by atomic mass is 127. The zero-order valence-electron chi connectivity index (χ0n) is 14.5. The third kappa shape index (κ3) is 3.83. The lowest BCUT2D eigenvalue weighted by Gasteiger charge is -2.07. The lowest BCUT2D eigenvalue weighted by atomic mass is 10.0. The van der Waals surface area contributed by atoms with Crippen LogP contribution in [0.2, 0.25) is 0 Å². The van der Waals surface area contributed by atoms with E-state index in [2.05, 4.69) is 27.9 Å². The first-order valence-corrected chi connectivity index (χ1v) is 9.45. The van der Waals surface area contributed by atoms with Gasteiger partial charge in [0.25, 0.3) is 5.91 Å². The first-order chi connectivity index (χ1) is 13.1. The largest absolute Gasteiger partial charge is 0.497 e. The fraction of sp³-hybridized carbons (Fsp3) is 0.0455. The van der Waals surface area contributed by atoms with Crippen LogP contribution in [-0.2, 0) is 4.79 Å². The first-order valence-electron chi connectivity index (χ1n) is 8.37. The van der Waals surface area contributed by atoms with Crippen molar-refractivity contribution in [2.75, 3.05) is 12.4 Å². The number of amides is 1. The van der Waals surface area contributed by atoms with E-state index in [9.17, 15) is 4.79 Å². The Bertz CT molecular complexity index is 1040. The van der Waals surface area contributed by atoms with E-state index in [4.69, 9.17) is 9.47 Å². The number of anilines is 1. The van der Waals surface area contributed by atoms with Crippen molar-refractivity contribution in [1.29, 1.82) is 0 Å². The Morgan fingerprint density at radius 1 is 0.926 bits per heavy atom. The number of carbonyl (C=O) groups is 1. The first kappa shape index (κ1) is 17.6. The minimum atomic E-state index is -0.0894. The van der Waals surface area contributed by atoms with Gasteiger partial charge >= 0.3 is 0 Å². The van der Waals surface area contributed by atoms with Gasteiger partial charge in [-0.3, -0.25) is 4.79 Å². The molecule has 0 unspecified atom stereocenters. The van der Waals surface area contributed by atoms with E-state index >= 15 is 0 Å². The standard InChI is InChI=1S/C22H16INO3/c1-26-16-6-8-17(9-7-16)27-18-4-2-3-14(11-18)12-20-19-13-15(23)5-10-21(19)24-22(20)25/h2-13H,1H3,(H,24,25). The van der Waals surface area contributed by atoms with Gasteiger partial charge in [0.1, 0.15) is 17.2 Å². The second kappa shape index (κ2) is 7.44. The number of carbonyl (C=O) groups excluding carboxylic acids is 1. The van der Waals surface area contributed by atoms with Gasteiger partial charge in [0, 0.05) is 20.4 Å².